The van der Waals surface area contributed by atoms with Gasteiger partial charge in [0.2, 0.25) is 5.91 Å². The van der Waals surface area contributed by atoms with Gasteiger partial charge in [-0.25, -0.2) is 0 Å². The van der Waals surface area contributed by atoms with E-state index >= 15 is 0 Å². The van der Waals surface area contributed by atoms with Gasteiger partial charge in [0.05, 0.1) is 5.92 Å². The number of hydrogen-bond donors (Lipinski definition) is 1. The van der Waals surface area contributed by atoms with E-state index in [0.29, 0.717) is 6.54 Å². The summed E-state index contributed by atoms with van der Waals surface area (Å²) in [6.07, 6.45) is 1.91. The third kappa shape index (κ3) is 2.84. The minimum atomic E-state index is -0.227. The highest BCUT2D eigenvalue weighted by Gasteiger charge is 2.37. The molecule has 1 aromatic heterocycles. The zero-order valence-corrected chi connectivity index (χ0v) is 14.2. The number of aryl methyl sites for hydroxylation is 1. The van der Waals surface area contributed by atoms with Crippen molar-refractivity contribution < 1.29 is 4.79 Å². The van der Waals surface area contributed by atoms with Crippen LogP contribution in [0.1, 0.15) is 17.2 Å². The van der Waals surface area contributed by atoms with E-state index in [9.17, 15) is 4.79 Å². The van der Waals surface area contributed by atoms with E-state index in [0.717, 1.165) is 23.3 Å². The van der Waals surface area contributed by atoms with E-state index in [2.05, 4.69) is 40.2 Å². The van der Waals surface area contributed by atoms with Crippen LogP contribution in [-0.4, -0.2) is 24.0 Å². The summed E-state index contributed by atoms with van der Waals surface area (Å²) in [5, 5.41) is 2.29. The molecule has 1 saturated heterocycles. The highest BCUT2D eigenvalue weighted by atomic mass is 16.1. The summed E-state index contributed by atoms with van der Waals surface area (Å²) in [7, 11) is 0. The molecule has 0 saturated carbocycles. The molecule has 4 nitrogen and oxygen atoms in total. The number of carbonyl (C=O) groups is 1. The van der Waals surface area contributed by atoms with Gasteiger partial charge < -0.3 is 10.6 Å². The van der Waals surface area contributed by atoms with Gasteiger partial charge in [-0.1, -0.05) is 42.5 Å². The van der Waals surface area contributed by atoms with Crippen molar-refractivity contribution in [1.82, 2.24) is 4.98 Å². The Bertz CT molecular complexity index is 923. The van der Waals surface area contributed by atoms with Crippen molar-refractivity contribution in [2.45, 2.75) is 12.8 Å². The van der Waals surface area contributed by atoms with Gasteiger partial charge in [0.1, 0.15) is 0 Å². The number of nitrogens with zero attached hydrogens (tertiary/aromatic N) is 2. The average Bonchev–Trinajstić information content (AvgIpc) is 3.07. The van der Waals surface area contributed by atoms with Crippen molar-refractivity contribution in [3.05, 3.63) is 72.1 Å². The Kier molecular flexibility index (Phi) is 3.88. The summed E-state index contributed by atoms with van der Waals surface area (Å²) in [6.45, 7) is 3.44. The molecule has 0 spiro atoms. The SMILES string of the molecule is Cc1cc2c(N3CC(C(N)=O)C(c4ccccc4)C3)cccc2cn1. The molecule has 1 aliphatic rings. The molecule has 2 heterocycles. The zero-order chi connectivity index (χ0) is 17.4. The smallest absolute Gasteiger partial charge is 0.223 e. The van der Waals surface area contributed by atoms with E-state index in [-0.39, 0.29) is 17.7 Å². The lowest BCUT2D eigenvalue weighted by atomic mass is 9.89. The molecule has 0 bridgehead atoms. The number of fused-ring (bicyclic) bond motifs is 1. The molecule has 0 radical (unpaired) electrons. The minimum Gasteiger partial charge on any atom is -0.370 e. The Hall–Kier alpha value is -2.88. The summed E-state index contributed by atoms with van der Waals surface area (Å²) < 4.78 is 0. The fourth-order valence-corrected chi connectivity index (χ4v) is 3.86. The number of amides is 1. The third-order valence-electron chi connectivity index (χ3n) is 5.13. The zero-order valence-electron chi connectivity index (χ0n) is 14.2. The number of aromatic nitrogens is 1. The third-order valence-corrected chi connectivity index (χ3v) is 5.13. The summed E-state index contributed by atoms with van der Waals surface area (Å²) >= 11 is 0. The maximum atomic E-state index is 12.1. The van der Waals surface area contributed by atoms with Gasteiger partial charge in [0.25, 0.3) is 0 Å². The molecule has 126 valence electrons. The first kappa shape index (κ1) is 15.6. The first-order valence-corrected chi connectivity index (χ1v) is 8.58. The fraction of sp³-hybridized carbons (Fsp3) is 0.238. The van der Waals surface area contributed by atoms with Crippen LogP contribution >= 0.6 is 0 Å². The topological polar surface area (TPSA) is 59.2 Å². The van der Waals surface area contributed by atoms with Crippen LogP contribution in [0.15, 0.2) is 60.8 Å². The monoisotopic (exact) mass is 331 g/mol. The standard InChI is InChI=1S/C21H21N3O/c1-14-10-17-16(11-23-14)8-5-9-20(17)24-12-18(19(13-24)21(22)25)15-6-3-2-4-7-15/h2-11,18-19H,12-13H2,1H3,(H2,22,25). The summed E-state index contributed by atoms with van der Waals surface area (Å²) in [5.74, 6) is -0.285. The molecule has 2 aromatic carbocycles. The molecular formula is C21H21N3O. The largest absolute Gasteiger partial charge is 0.370 e. The molecule has 0 aliphatic carbocycles. The lowest BCUT2D eigenvalue weighted by Crippen LogP contribution is -2.29. The van der Waals surface area contributed by atoms with Crippen LogP contribution < -0.4 is 10.6 Å². The first-order chi connectivity index (χ1) is 12.1. The van der Waals surface area contributed by atoms with Crippen molar-refractivity contribution in [2.75, 3.05) is 18.0 Å². The highest BCUT2D eigenvalue weighted by molar-refractivity contribution is 5.94. The number of rotatable bonds is 3. The van der Waals surface area contributed by atoms with Crippen LogP contribution in [-0.2, 0) is 4.79 Å². The fourth-order valence-electron chi connectivity index (χ4n) is 3.86. The van der Waals surface area contributed by atoms with Crippen LogP contribution in [0.4, 0.5) is 5.69 Å². The molecule has 1 aliphatic heterocycles. The van der Waals surface area contributed by atoms with Crippen LogP contribution in [0.25, 0.3) is 10.8 Å². The Morgan fingerprint density at radius 1 is 1.12 bits per heavy atom. The second-order valence-electron chi connectivity index (χ2n) is 6.75. The van der Waals surface area contributed by atoms with Crippen molar-refractivity contribution in [1.29, 1.82) is 0 Å². The number of benzene rings is 2. The molecule has 25 heavy (non-hydrogen) atoms. The molecule has 4 heteroatoms. The number of hydrogen-bond acceptors (Lipinski definition) is 3. The molecule has 2 N–H and O–H groups in total. The summed E-state index contributed by atoms with van der Waals surface area (Å²) in [4.78, 5) is 18.7. The minimum absolute atomic E-state index is 0.122. The Morgan fingerprint density at radius 3 is 2.68 bits per heavy atom. The second kappa shape index (κ2) is 6.20. The predicted molar refractivity (Wildman–Crippen MR) is 101 cm³/mol. The van der Waals surface area contributed by atoms with Crippen molar-refractivity contribution in [3.8, 4) is 0 Å². The Labute approximate surface area is 147 Å². The summed E-state index contributed by atoms with van der Waals surface area (Å²) in [6, 6.07) is 18.5. The molecule has 3 aromatic rings. The van der Waals surface area contributed by atoms with Gasteiger partial charge in [-0.05, 0) is 24.6 Å². The van der Waals surface area contributed by atoms with E-state index in [4.69, 9.17) is 5.73 Å². The number of pyridine rings is 1. The predicted octanol–water partition coefficient (Wildman–Crippen LogP) is 3.25. The van der Waals surface area contributed by atoms with Crippen molar-refractivity contribution >= 4 is 22.4 Å². The van der Waals surface area contributed by atoms with Gasteiger partial charge in [-0.2, -0.15) is 0 Å². The van der Waals surface area contributed by atoms with Crippen molar-refractivity contribution in [2.24, 2.45) is 11.7 Å². The molecule has 2 atom stereocenters. The maximum absolute atomic E-state index is 12.1. The Morgan fingerprint density at radius 2 is 1.92 bits per heavy atom. The van der Waals surface area contributed by atoms with Gasteiger partial charge in [0, 0.05) is 47.4 Å². The second-order valence-corrected chi connectivity index (χ2v) is 6.75. The number of nitrogens with two attached hydrogens (primary N) is 1. The lowest BCUT2D eigenvalue weighted by Gasteiger charge is -2.21. The lowest BCUT2D eigenvalue weighted by molar-refractivity contribution is -0.121. The van der Waals surface area contributed by atoms with Crippen LogP contribution in [0.5, 0.6) is 0 Å². The molecule has 4 rings (SSSR count). The number of anilines is 1. The number of primary amides is 1. The average molecular weight is 331 g/mol. The highest BCUT2D eigenvalue weighted by Crippen LogP contribution is 2.37. The molecule has 2 unspecified atom stereocenters. The quantitative estimate of drug-likeness (QED) is 0.801. The van der Waals surface area contributed by atoms with Crippen molar-refractivity contribution in [3.63, 3.8) is 0 Å². The van der Waals surface area contributed by atoms with Crippen LogP contribution in [0.2, 0.25) is 0 Å². The van der Waals surface area contributed by atoms with Gasteiger partial charge in [-0.3, -0.25) is 9.78 Å². The van der Waals surface area contributed by atoms with Gasteiger partial charge in [-0.15, -0.1) is 0 Å². The molecule has 1 amide bonds. The normalized spacial score (nSPS) is 20.1. The Balaban J connectivity index is 1.75. The van der Waals surface area contributed by atoms with E-state index in [1.54, 1.807) is 0 Å². The number of carbonyl (C=O) groups excluding carboxylic acids is 1. The maximum Gasteiger partial charge on any atom is 0.223 e. The summed E-state index contributed by atoms with van der Waals surface area (Å²) in [5.41, 5.74) is 9.04. The van der Waals surface area contributed by atoms with Gasteiger partial charge >= 0.3 is 0 Å². The van der Waals surface area contributed by atoms with E-state index in [1.807, 2.05) is 37.4 Å². The van der Waals surface area contributed by atoms with Gasteiger partial charge in [0.15, 0.2) is 0 Å². The van der Waals surface area contributed by atoms with Crippen LogP contribution in [0.3, 0.4) is 0 Å². The van der Waals surface area contributed by atoms with E-state index in [1.165, 1.54) is 10.9 Å². The first-order valence-electron chi connectivity index (χ1n) is 8.58. The van der Waals surface area contributed by atoms with E-state index < -0.39 is 0 Å². The molecular weight excluding hydrogens is 310 g/mol. The molecule has 1 fully saturated rings. The van der Waals surface area contributed by atoms with Crippen LogP contribution in [0, 0.1) is 12.8 Å².